The topological polar surface area (TPSA) is 35.5 Å². The number of para-hydroxylation sites is 1. The number of carbonyl (C=O) groups is 1. The highest BCUT2D eigenvalue weighted by atomic mass is 16.5. The Hall–Kier alpha value is -2.29. The van der Waals surface area contributed by atoms with Crippen LogP contribution >= 0.6 is 0 Å². The van der Waals surface area contributed by atoms with E-state index < -0.39 is 0 Å². The van der Waals surface area contributed by atoms with Crippen molar-refractivity contribution in [3.8, 4) is 11.5 Å². The number of rotatable bonds is 4. The molecular formula is C17H18O3. The fraction of sp³-hybridized carbons (Fsp3) is 0.235. The molecule has 0 aliphatic rings. The standard InChI is InChI=1S/C17H18O3/c1-12-7-4-5-9-15(12)20-16-10-6-8-14(13(16)2)11-17(18)19-3/h4-10H,11H2,1-3H3. The molecule has 0 amide bonds. The van der Waals surface area contributed by atoms with Gasteiger partial charge in [-0.2, -0.15) is 0 Å². The minimum absolute atomic E-state index is 0.249. The molecular weight excluding hydrogens is 252 g/mol. The van der Waals surface area contributed by atoms with Crippen molar-refractivity contribution in [2.45, 2.75) is 20.3 Å². The van der Waals surface area contributed by atoms with Gasteiger partial charge in [-0.3, -0.25) is 4.79 Å². The first-order valence-corrected chi connectivity index (χ1v) is 6.50. The van der Waals surface area contributed by atoms with Gasteiger partial charge in [0.15, 0.2) is 0 Å². The first-order chi connectivity index (χ1) is 9.61. The Labute approximate surface area is 119 Å². The van der Waals surface area contributed by atoms with E-state index in [1.165, 1.54) is 7.11 Å². The van der Waals surface area contributed by atoms with Crippen LogP contribution in [-0.4, -0.2) is 13.1 Å². The van der Waals surface area contributed by atoms with Crippen LogP contribution in [0.4, 0.5) is 0 Å². The number of benzene rings is 2. The molecule has 0 aliphatic heterocycles. The fourth-order valence-corrected chi connectivity index (χ4v) is 1.98. The van der Waals surface area contributed by atoms with Crippen molar-refractivity contribution in [1.82, 2.24) is 0 Å². The van der Waals surface area contributed by atoms with Crippen molar-refractivity contribution >= 4 is 5.97 Å². The summed E-state index contributed by atoms with van der Waals surface area (Å²) in [6, 6.07) is 13.6. The van der Waals surface area contributed by atoms with E-state index in [0.29, 0.717) is 0 Å². The summed E-state index contributed by atoms with van der Waals surface area (Å²) in [7, 11) is 1.39. The molecule has 0 aliphatic carbocycles. The van der Waals surface area contributed by atoms with Gasteiger partial charge in [0, 0.05) is 0 Å². The normalized spacial score (nSPS) is 10.2. The lowest BCUT2D eigenvalue weighted by Gasteiger charge is -2.13. The molecule has 104 valence electrons. The highest BCUT2D eigenvalue weighted by Crippen LogP contribution is 2.29. The quantitative estimate of drug-likeness (QED) is 0.792. The van der Waals surface area contributed by atoms with Gasteiger partial charge in [-0.1, -0.05) is 30.3 Å². The molecule has 2 rings (SSSR count). The van der Waals surface area contributed by atoms with E-state index in [-0.39, 0.29) is 12.4 Å². The lowest BCUT2D eigenvalue weighted by atomic mass is 10.0. The maximum absolute atomic E-state index is 11.4. The second kappa shape index (κ2) is 6.24. The molecule has 3 heteroatoms. The van der Waals surface area contributed by atoms with Gasteiger partial charge in [0.1, 0.15) is 11.5 Å². The van der Waals surface area contributed by atoms with Gasteiger partial charge < -0.3 is 9.47 Å². The van der Waals surface area contributed by atoms with Crippen LogP contribution in [0.2, 0.25) is 0 Å². The fourth-order valence-electron chi connectivity index (χ4n) is 1.98. The number of methoxy groups -OCH3 is 1. The van der Waals surface area contributed by atoms with E-state index in [1.807, 2.05) is 56.3 Å². The molecule has 0 atom stereocenters. The molecule has 0 unspecified atom stereocenters. The predicted octanol–water partition coefficient (Wildman–Crippen LogP) is 3.81. The Bertz CT molecular complexity index is 617. The third kappa shape index (κ3) is 3.18. The Kier molecular flexibility index (Phi) is 4.41. The summed E-state index contributed by atoms with van der Waals surface area (Å²) >= 11 is 0. The third-order valence-electron chi connectivity index (χ3n) is 3.27. The molecule has 20 heavy (non-hydrogen) atoms. The Morgan fingerprint density at radius 2 is 1.70 bits per heavy atom. The van der Waals surface area contributed by atoms with Crippen LogP contribution in [0.3, 0.4) is 0 Å². The van der Waals surface area contributed by atoms with Crippen molar-refractivity contribution in [3.05, 3.63) is 59.2 Å². The molecule has 0 aromatic heterocycles. The van der Waals surface area contributed by atoms with Crippen LogP contribution in [0, 0.1) is 13.8 Å². The van der Waals surface area contributed by atoms with Crippen molar-refractivity contribution in [3.63, 3.8) is 0 Å². The van der Waals surface area contributed by atoms with E-state index in [9.17, 15) is 4.79 Å². The predicted molar refractivity (Wildman–Crippen MR) is 78.2 cm³/mol. The highest BCUT2D eigenvalue weighted by Gasteiger charge is 2.10. The van der Waals surface area contributed by atoms with Gasteiger partial charge >= 0.3 is 5.97 Å². The zero-order chi connectivity index (χ0) is 14.5. The summed E-state index contributed by atoms with van der Waals surface area (Å²) in [5, 5.41) is 0. The van der Waals surface area contributed by atoms with Gasteiger partial charge in [0.25, 0.3) is 0 Å². The average molecular weight is 270 g/mol. The smallest absolute Gasteiger partial charge is 0.309 e. The van der Waals surface area contributed by atoms with E-state index >= 15 is 0 Å². The summed E-state index contributed by atoms with van der Waals surface area (Å²) in [6.45, 7) is 3.95. The Morgan fingerprint density at radius 3 is 2.40 bits per heavy atom. The SMILES string of the molecule is COC(=O)Cc1cccc(Oc2ccccc2C)c1C. The van der Waals surface area contributed by atoms with E-state index in [0.717, 1.165) is 28.2 Å². The largest absolute Gasteiger partial charge is 0.469 e. The molecule has 2 aromatic rings. The summed E-state index contributed by atoms with van der Waals surface area (Å²) in [4.78, 5) is 11.4. The molecule has 0 bridgehead atoms. The molecule has 0 saturated heterocycles. The second-order valence-corrected chi connectivity index (χ2v) is 4.66. The maximum Gasteiger partial charge on any atom is 0.309 e. The van der Waals surface area contributed by atoms with Crippen LogP contribution in [-0.2, 0) is 16.0 Å². The molecule has 0 saturated carbocycles. The molecule has 3 nitrogen and oxygen atoms in total. The van der Waals surface area contributed by atoms with Crippen molar-refractivity contribution in [1.29, 1.82) is 0 Å². The molecule has 0 radical (unpaired) electrons. The first kappa shape index (κ1) is 14.1. The zero-order valence-corrected chi connectivity index (χ0v) is 12.0. The lowest BCUT2D eigenvalue weighted by molar-refractivity contribution is -0.139. The molecule has 0 heterocycles. The van der Waals surface area contributed by atoms with Gasteiger partial charge in [-0.25, -0.2) is 0 Å². The molecule has 0 spiro atoms. The summed E-state index contributed by atoms with van der Waals surface area (Å²) in [5.74, 6) is 1.34. The van der Waals surface area contributed by atoms with E-state index in [1.54, 1.807) is 0 Å². The number of esters is 1. The van der Waals surface area contributed by atoms with Crippen LogP contribution in [0.25, 0.3) is 0 Å². The van der Waals surface area contributed by atoms with Gasteiger partial charge in [-0.15, -0.1) is 0 Å². The van der Waals surface area contributed by atoms with E-state index in [2.05, 4.69) is 0 Å². The minimum Gasteiger partial charge on any atom is -0.469 e. The first-order valence-electron chi connectivity index (χ1n) is 6.50. The average Bonchev–Trinajstić information content (AvgIpc) is 2.45. The van der Waals surface area contributed by atoms with Crippen molar-refractivity contribution < 1.29 is 14.3 Å². The maximum atomic E-state index is 11.4. The third-order valence-corrected chi connectivity index (χ3v) is 3.27. The number of ether oxygens (including phenoxy) is 2. The van der Waals surface area contributed by atoms with Gasteiger partial charge in [0.05, 0.1) is 13.5 Å². The van der Waals surface area contributed by atoms with Crippen molar-refractivity contribution in [2.75, 3.05) is 7.11 Å². The molecule has 2 aromatic carbocycles. The van der Waals surface area contributed by atoms with Crippen LogP contribution in [0.5, 0.6) is 11.5 Å². The molecule has 0 N–H and O–H groups in total. The van der Waals surface area contributed by atoms with E-state index in [4.69, 9.17) is 9.47 Å². The Balaban J connectivity index is 2.27. The molecule has 0 fully saturated rings. The monoisotopic (exact) mass is 270 g/mol. The summed E-state index contributed by atoms with van der Waals surface area (Å²) in [5.41, 5.74) is 2.95. The lowest BCUT2D eigenvalue weighted by Crippen LogP contribution is -2.06. The Morgan fingerprint density at radius 1 is 1.00 bits per heavy atom. The number of hydrogen-bond donors (Lipinski definition) is 0. The number of hydrogen-bond acceptors (Lipinski definition) is 3. The minimum atomic E-state index is -0.249. The number of carbonyl (C=O) groups excluding carboxylic acids is 1. The van der Waals surface area contributed by atoms with Gasteiger partial charge in [-0.05, 0) is 42.7 Å². The van der Waals surface area contributed by atoms with Gasteiger partial charge in [0.2, 0.25) is 0 Å². The zero-order valence-electron chi connectivity index (χ0n) is 12.0. The van der Waals surface area contributed by atoms with Crippen LogP contribution in [0.15, 0.2) is 42.5 Å². The summed E-state index contributed by atoms with van der Waals surface area (Å²) < 4.78 is 10.7. The second-order valence-electron chi connectivity index (χ2n) is 4.66. The van der Waals surface area contributed by atoms with Crippen LogP contribution in [0.1, 0.15) is 16.7 Å². The highest BCUT2D eigenvalue weighted by molar-refractivity contribution is 5.73. The summed E-state index contributed by atoms with van der Waals surface area (Å²) in [6.07, 6.45) is 0.257. The number of aryl methyl sites for hydroxylation is 1. The van der Waals surface area contributed by atoms with Crippen LogP contribution < -0.4 is 4.74 Å². The van der Waals surface area contributed by atoms with Crippen molar-refractivity contribution in [2.24, 2.45) is 0 Å².